The zero-order valence-electron chi connectivity index (χ0n) is 18.5. The molecule has 0 saturated carbocycles. The number of methoxy groups -OCH3 is 1. The lowest BCUT2D eigenvalue weighted by Gasteiger charge is -2.28. The summed E-state index contributed by atoms with van der Waals surface area (Å²) < 4.78 is 5.29. The lowest BCUT2D eigenvalue weighted by molar-refractivity contribution is -0.140. The van der Waals surface area contributed by atoms with Crippen LogP contribution in [0.25, 0.3) is 5.76 Å². The average molecular weight is 424 g/mol. The number of rotatable bonds is 8. The highest BCUT2D eigenvalue weighted by Crippen LogP contribution is 2.39. The van der Waals surface area contributed by atoms with Crippen LogP contribution in [-0.4, -0.2) is 64.9 Å². The predicted molar refractivity (Wildman–Crippen MR) is 119 cm³/mol. The van der Waals surface area contributed by atoms with Crippen LogP contribution in [0.4, 0.5) is 0 Å². The molecule has 1 amide bonds. The number of ether oxygens (including phenoxy) is 1. The summed E-state index contributed by atoms with van der Waals surface area (Å²) in [7, 11) is 1.58. The molecule has 1 unspecified atom stereocenters. The van der Waals surface area contributed by atoms with E-state index in [1.165, 1.54) is 0 Å². The minimum absolute atomic E-state index is 0.0853. The third kappa shape index (κ3) is 4.46. The van der Waals surface area contributed by atoms with E-state index in [0.717, 1.165) is 18.7 Å². The van der Waals surface area contributed by atoms with Gasteiger partial charge in [0, 0.05) is 31.0 Å². The third-order valence-electron chi connectivity index (χ3n) is 5.76. The molecule has 1 aliphatic heterocycles. The van der Waals surface area contributed by atoms with Crippen molar-refractivity contribution in [2.75, 3.05) is 33.3 Å². The van der Waals surface area contributed by atoms with Gasteiger partial charge in [-0.2, -0.15) is 0 Å². The van der Waals surface area contributed by atoms with Crippen LogP contribution in [0.2, 0.25) is 0 Å². The lowest BCUT2D eigenvalue weighted by atomic mass is 9.95. The largest absolute Gasteiger partial charge is 0.507 e. The smallest absolute Gasteiger partial charge is 0.295 e. The molecular weight excluding hydrogens is 394 g/mol. The maximum Gasteiger partial charge on any atom is 0.295 e. The fourth-order valence-corrected chi connectivity index (χ4v) is 3.97. The number of amides is 1. The fraction of sp³-hybridized carbons (Fsp3) is 0.375. The second kappa shape index (κ2) is 9.75. The summed E-state index contributed by atoms with van der Waals surface area (Å²) in [4.78, 5) is 33.9. The van der Waals surface area contributed by atoms with E-state index in [2.05, 4.69) is 23.7 Å². The van der Waals surface area contributed by atoms with Gasteiger partial charge in [0.05, 0.1) is 18.7 Å². The molecule has 164 valence electrons. The first-order chi connectivity index (χ1) is 14.9. The molecule has 31 heavy (non-hydrogen) atoms. The van der Waals surface area contributed by atoms with Crippen molar-refractivity contribution >= 4 is 17.4 Å². The van der Waals surface area contributed by atoms with Gasteiger partial charge in [-0.05, 0) is 55.4 Å². The number of ketones is 1. The van der Waals surface area contributed by atoms with Crippen LogP contribution in [0.3, 0.4) is 0 Å². The predicted octanol–water partition coefficient (Wildman–Crippen LogP) is 3.16. The Kier molecular flexibility index (Phi) is 7.07. The second-order valence-electron chi connectivity index (χ2n) is 7.49. The first-order valence-corrected chi connectivity index (χ1v) is 10.5. The number of hydrogen-bond donors (Lipinski definition) is 1. The number of benzene rings is 1. The van der Waals surface area contributed by atoms with Crippen LogP contribution < -0.4 is 4.74 Å². The van der Waals surface area contributed by atoms with Crippen LogP contribution >= 0.6 is 0 Å². The van der Waals surface area contributed by atoms with Crippen molar-refractivity contribution in [3.8, 4) is 5.75 Å². The van der Waals surface area contributed by atoms with Gasteiger partial charge in [-0.25, -0.2) is 0 Å². The van der Waals surface area contributed by atoms with E-state index in [1.54, 1.807) is 48.7 Å². The number of aliphatic hydroxyl groups is 1. The van der Waals surface area contributed by atoms with Gasteiger partial charge in [0.15, 0.2) is 0 Å². The van der Waals surface area contributed by atoms with Gasteiger partial charge < -0.3 is 19.6 Å². The standard InChI is InChI=1S/C24H29N3O4/c1-5-26(6-2)12-13-27-21(18-8-7-11-25-15-18)20(23(29)24(27)30)22(28)17-9-10-19(31-4)16(3)14-17/h7-11,14-15,21,28H,5-6,12-13H2,1-4H3. The number of nitrogens with zero attached hydrogens (tertiary/aromatic N) is 3. The van der Waals surface area contributed by atoms with Crippen LogP contribution in [0, 0.1) is 6.92 Å². The quantitative estimate of drug-likeness (QED) is 0.399. The summed E-state index contributed by atoms with van der Waals surface area (Å²) in [5.74, 6) is -0.796. The Morgan fingerprint density at radius 1 is 1.23 bits per heavy atom. The van der Waals surface area contributed by atoms with Crippen LogP contribution in [0.15, 0.2) is 48.3 Å². The number of Topliss-reactive ketones (excluding diaryl/α,β-unsaturated/α-hetero) is 1. The number of carbonyl (C=O) groups excluding carboxylic acids is 2. The van der Waals surface area contributed by atoms with E-state index in [-0.39, 0.29) is 11.3 Å². The van der Waals surface area contributed by atoms with Crippen molar-refractivity contribution in [3.05, 3.63) is 65.0 Å². The van der Waals surface area contributed by atoms with Crippen molar-refractivity contribution in [2.24, 2.45) is 0 Å². The number of likely N-dealkylation sites (tertiary alicyclic amines) is 1. The van der Waals surface area contributed by atoms with Gasteiger partial charge in [-0.1, -0.05) is 19.9 Å². The number of hydrogen-bond acceptors (Lipinski definition) is 6. The highest BCUT2D eigenvalue weighted by atomic mass is 16.5. The van der Waals surface area contributed by atoms with Crippen molar-refractivity contribution in [3.63, 3.8) is 0 Å². The summed E-state index contributed by atoms with van der Waals surface area (Å²) >= 11 is 0. The van der Waals surface area contributed by atoms with E-state index in [9.17, 15) is 14.7 Å². The van der Waals surface area contributed by atoms with Gasteiger partial charge in [0.25, 0.3) is 11.7 Å². The summed E-state index contributed by atoms with van der Waals surface area (Å²) in [6.45, 7) is 8.69. The Balaban J connectivity index is 2.08. The van der Waals surface area contributed by atoms with Crippen molar-refractivity contribution < 1.29 is 19.4 Å². The number of pyridine rings is 1. The molecule has 1 N–H and O–H groups in total. The van der Waals surface area contributed by atoms with E-state index >= 15 is 0 Å². The number of aryl methyl sites for hydroxylation is 1. The van der Waals surface area contributed by atoms with Gasteiger partial charge in [-0.3, -0.25) is 14.6 Å². The number of likely N-dealkylation sites (N-methyl/N-ethyl adjacent to an activating group) is 1. The lowest BCUT2D eigenvalue weighted by Crippen LogP contribution is -2.38. The van der Waals surface area contributed by atoms with Crippen molar-refractivity contribution in [2.45, 2.75) is 26.8 Å². The Hall–Kier alpha value is -3.19. The molecule has 1 aliphatic rings. The molecule has 0 radical (unpaired) electrons. The SMILES string of the molecule is CCN(CC)CCN1C(=O)C(=O)C(=C(O)c2ccc(OC)c(C)c2)C1c1cccnc1. The Morgan fingerprint density at radius 2 is 1.97 bits per heavy atom. The molecule has 2 heterocycles. The van der Waals surface area contributed by atoms with E-state index in [1.807, 2.05) is 13.0 Å². The topological polar surface area (TPSA) is 83.0 Å². The molecule has 1 aromatic carbocycles. The molecule has 0 spiro atoms. The molecule has 0 bridgehead atoms. The first kappa shape index (κ1) is 22.5. The fourth-order valence-electron chi connectivity index (χ4n) is 3.97. The Bertz CT molecular complexity index is 984. The molecule has 1 atom stereocenters. The zero-order valence-corrected chi connectivity index (χ0v) is 18.5. The second-order valence-corrected chi connectivity index (χ2v) is 7.49. The van der Waals surface area contributed by atoms with Gasteiger partial charge in [0.1, 0.15) is 11.5 Å². The van der Waals surface area contributed by atoms with Crippen molar-refractivity contribution in [1.82, 2.24) is 14.8 Å². The monoisotopic (exact) mass is 423 g/mol. The minimum Gasteiger partial charge on any atom is -0.507 e. The normalized spacial score (nSPS) is 18.1. The van der Waals surface area contributed by atoms with Gasteiger partial charge in [-0.15, -0.1) is 0 Å². The molecule has 7 nitrogen and oxygen atoms in total. The van der Waals surface area contributed by atoms with Crippen LogP contribution in [0.5, 0.6) is 5.75 Å². The summed E-state index contributed by atoms with van der Waals surface area (Å²) in [6.07, 6.45) is 3.27. The Labute approximate surface area is 183 Å². The molecule has 0 aliphatic carbocycles. The molecule has 2 aromatic rings. The number of carbonyl (C=O) groups is 2. The zero-order chi connectivity index (χ0) is 22.5. The van der Waals surface area contributed by atoms with Gasteiger partial charge in [0.2, 0.25) is 0 Å². The van der Waals surface area contributed by atoms with E-state index < -0.39 is 17.7 Å². The van der Waals surface area contributed by atoms with E-state index in [0.29, 0.717) is 30.0 Å². The maximum atomic E-state index is 13.0. The number of aromatic nitrogens is 1. The minimum atomic E-state index is -0.688. The summed E-state index contributed by atoms with van der Waals surface area (Å²) in [6, 6.07) is 8.06. The summed E-state index contributed by atoms with van der Waals surface area (Å²) in [5.41, 5.74) is 2.06. The third-order valence-corrected chi connectivity index (χ3v) is 5.76. The molecule has 7 heteroatoms. The molecule has 3 rings (SSSR count). The molecule has 1 aromatic heterocycles. The average Bonchev–Trinajstić information content (AvgIpc) is 3.04. The molecular formula is C24H29N3O4. The summed E-state index contributed by atoms with van der Waals surface area (Å²) in [5, 5.41) is 11.1. The number of aliphatic hydroxyl groups excluding tert-OH is 1. The highest BCUT2D eigenvalue weighted by Gasteiger charge is 2.46. The van der Waals surface area contributed by atoms with Crippen LogP contribution in [-0.2, 0) is 9.59 Å². The molecule has 1 saturated heterocycles. The maximum absolute atomic E-state index is 13.0. The van der Waals surface area contributed by atoms with Gasteiger partial charge >= 0.3 is 0 Å². The van der Waals surface area contributed by atoms with Crippen molar-refractivity contribution in [1.29, 1.82) is 0 Å². The highest BCUT2D eigenvalue weighted by molar-refractivity contribution is 6.46. The van der Waals surface area contributed by atoms with Crippen LogP contribution in [0.1, 0.15) is 36.6 Å². The Morgan fingerprint density at radius 3 is 2.55 bits per heavy atom. The first-order valence-electron chi connectivity index (χ1n) is 10.5. The van der Waals surface area contributed by atoms with E-state index in [4.69, 9.17) is 4.74 Å². The molecule has 1 fully saturated rings.